The molecule has 0 saturated heterocycles. The van der Waals surface area contributed by atoms with Crippen LogP contribution in [0.3, 0.4) is 0 Å². The first kappa shape index (κ1) is 20.9. The molecule has 3 heteroatoms. The minimum atomic E-state index is -0.241. The molecule has 0 spiro atoms. The predicted molar refractivity (Wildman–Crippen MR) is 124 cm³/mol. The fourth-order valence-corrected chi connectivity index (χ4v) is 3.75. The Balaban J connectivity index is 1.79. The van der Waals surface area contributed by atoms with Crippen LogP contribution < -0.4 is 5.32 Å². The normalized spacial score (nSPS) is 13.2. The fraction of sp³-hybridized carbons (Fsp3) is 0.192. The molecule has 3 aromatic carbocycles. The Hall–Kier alpha value is -2.78. The van der Waals surface area contributed by atoms with Gasteiger partial charge in [0.15, 0.2) is 0 Å². The van der Waals surface area contributed by atoms with E-state index in [0.717, 1.165) is 16.7 Å². The SMILES string of the molecule is CSc1ccc([C@@H](C(=O)NCc2ccccc2)[C@@H](C)/C=C/c2ccccc2)cc1. The molecule has 0 bridgehead atoms. The van der Waals surface area contributed by atoms with Gasteiger partial charge in [-0.2, -0.15) is 0 Å². The first-order valence-corrected chi connectivity index (χ1v) is 11.1. The van der Waals surface area contributed by atoms with Crippen LogP contribution in [0.15, 0.2) is 95.9 Å². The molecule has 0 fully saturated rings. The molecule has 3 aromatic rings. The molecule has 2 nitrogen and oxygen atoms in total. The minimum Gasteiger partial charge on any atom is -0.351 e. The van der Waals surface area contributed by atoms with E-state index >= 15 is 0 Å². The average Bonchev–Trinajstić information content (AvgIpc) is 2.78. The highest BCUT2D eigenvalue weighted by Crippen LogP contribution is 2.28. The number of rotatable bonds is 8. The molecule has 0 aliphatic rings. The lowest BCUT2D eigenvalue weighted by molar-refractivity contribution is -0.123. The summed E-state index contributed by atoms with van der Waals surface area (Å²) >= 11 is 1.71. The summed E-state index contributed by atoms with van der Waals surface area (Å²) in [4.78, 5) is 14.4. The van der Waals surface area contributed by atoms with Crippen LogP contribution in [-0.2, 0) is 11.3 Å². The molecule has 148 valence electrons. The van der Waals surface area contributed by atoms with Crippen molar-refractivity contribution in [1.29, 1.82) is 0 Å². The third kappa shape index (κ3) is 6.10. The van der Waals surface area contributed by atoms with Crippen LogP contribution >= 0.6 is 11.8 Å². The highest BCUT2D eigenvalue weighted by molar-refractivity contribution is 7.98. The molecule has 29 heavy (non-hydrogen) atoms. The summed E-state index contributed by atoms with van der Waals surface area (Å²) in [6, 6.07) is 28.5. The van der Waals surface area contributed by atoms with E-state index in [4.69, 9.17) is 0 Å². The summed E-state index contributed by atoms with van der Waals surface area (Å²) in [7, 11) is 0. The van der Waals surface area contributed by atoms with Gasteiger partial charge in [-0.1, -0.05) is 91.9 Å². The molecular formula is C26H27NOS. The fourth-order valence-electron chi connectivity index (χ4n) is 3.34. The van der Waals surface area contributed by atoms with Crippen LogP contribution in [-0.4, -0.2) is 12.2 Å². The number of carbonyl (C=O) groups excluding carboxylic acids is 1. The van der Waals surface area contributed by atoms with Gasteiger partial charge in [0, 0.05) is 11.4 Å². The molecule has 3 rings (SSSR count). The van der Waals surface area contributed by atoms with Crippen LogP contribution in [0.1, 0.15) is 29.5 Å². The van der Waals surface area contributed by atoms with Crippen molar-refractivity contribution in [3.63, 3.8) is 0 Å². The first-order valence-electron chi connectivity index (χ1n) is 9.86. The van der Waals surface area contributed by atoms with Crippen molar-refractivity contribution >= 4 is 23.7 Å². The minimum absolute atomic E-state index is 0.0518. The van der Waals surface area contributed by atoms with Crippen molar-refractivity contribution in [2.24, 2.45) is 5.92 Å². The lowest BCUT2D eigenvalue weighted by Crippen LogP contribution is -2.32. The van der Waals surface area contributed by atoms with Gasteiger partial charge in [0.05, 0.1) is 5.92 Å². The maximum absolute atomic E-state index is 13.2. The second-order valence-corrected chi connectivity index (χ2v) is 7.96. The van der Waals surface area contributed by atoms with Gasteiger partial charge >= 0.3 is 0 Å². The highest BCUT2D eigenvalue weighted by Gasteiger charge is 2.25. The van der Waals surface area contributed by atoms with E-state index in [1.807, 2.05) is 48.5 Å². The Kier molecular flexibility index (Phi) is 7.71. The molecule has 0 saturated carbocycles. The van der Waals surface area contributed by atoms with Gasteiger partial charge in [0.25, 0.3) is 0 Å². The lowest BCUT2D eigenvalue weighted by atomic mass is 9.85. The molecule has 0 aliphatic carbocycles. The first-order chi connectivity index (χ1) is 14.2. The zero-order chi connectivity index (χ0) is 20.5. The Morgan fingerprint density at radius 1 is 0.931 bits per heavy atom. The standard InChI is InChI=1S/C26H27NOS/c1-20(13-14-21-9-5-3-6-10-21)25(23-15-17-24(29-2)18-16-23)26(28)27-19-22-11-7-4-8-12-22/h3-18,20,25H,19H2,1-2H3,(H,27,28)/b14-13+/t20-,25-/m0/s1. The third-order valence-electron chi connectivity index (χ3n) is 4.98. The molecule has 2 atom stereocenters. The molecule has 0 aliphatic heterocycles. The van der Waals surface area contributed by atoms with Gasteiger partial charge in [0.1, 0.15) is 0 Å². The van der Waals surface area contributed by atoms with Crippen molar-refractivity contribution in [2.45, 2.75) is 24.3 Å². The van der Waals surface area contributed by atoms with E-state index in [-0.39, 0.29) is 17.7 Å². The number of amides is 1. The van der Waals surface area contributed by atoms with Crippen molar-refractivity contribution in [3.8, 4) is 0 Å². The maximum Gasteiger partial charge on any atom is 0.228 e. The van der Waals surface area contributed by atoms with E-state index in [2.05, 4.69) is 67.0 Å². The lowest BCUT2D eigenvalue weighted by Gasteiger charge is -2.22. The number of nitrogens with one attached hydrogen (secondary N) is 1. The van der Waals surface area contributed by atoms with Crippen LogP contribution in [0.5, 0.6) is 0 Å². The highest BCUT2D eigenvalue weighted by atomic mass is 32.2. The van der Waals surface area contributed by atoms with Gasteiger partial charge in [-0.25, -0.2) is 0 Å². The zero-order valence-electron chi connectivity index (χ0n) is 16.9. The number of benzene rings is 3. The smallest absolute Gasteiger partial charge is 0.228 e. The predicted octanol–water partition coefficient (Wildman–Crippen LogP) is 6.16. The van der Waals surface area contributed by atoms with Gasteiger partial charge in [0.2, 0.25) is 5.91 Å². The van der Waals surface area contributed by atoms with Gasteiger partial charge in [-0.15, -0.1) is 11.8 Å². The van der Waals surface area contributed by atoms with Crippen molar-refractivity contribution in [3.05, 3.63) is 108 Å². The molecule has 0 unspecified atom stereocenters. The molecule has 0 aromatic heterocycles. The topological polar surface area (TPSA) is 29.1 Å². The van der Waals surface area contributed by atoms with E-state index in [0.29, 0.717) is 6.54 Å². The van der Waals surface area contributed by atoms with Crippen molar-refractivity contribution in [1.82, 2.24) is 5.32 Å². The molecule has 1 amide bonds. The molecule has 1 N–H and O–H groups in total. The monoisotopic (exact) mass is 401 g/mol. The summed E-state index contributed by atoms with van der Waals surface area (Å²) in [5.74, 6) is -0.128. The summed E-state index contributed by atoms with van der Waals surface area (Å²) in [5, 5.41) is 3.13. The maximum atomic E-state index is 13.2. The second-order valence-electron chi connectivity index (χ2n) is 7.08. The number of thioether (sulfide) groups is 1. The number of carbonyl (C=O) groups is 1. The van der Waals surface area contributed by atoms with Crippen LogP contribution in [0, 0.1) is 5.92 Å². The van der Waals surface area contributed by atoms with E-state index < -0.39 is 0 Å². The Morgan fingerprint density at radius 3 is 2.17 bits per heavy atom. The quantitative estimate of drug-likeness (QED) is 0.458. The summed E-state index contributed by atoms with van der Waals surface area (Å²) in [6.45, 7) is 2.64. The Labute approximate surface area is 178 Å². The van der Waals surface area contributed by atoms with Crippen molar-refractivity contribution < 1.29 is 4.79 Å². The molecular weight excluding hydrogens is 374 g/mol. The number of allylic oxidation sites excluding steroid dienone is 1. The molecule has 0 radical (unpaired) electrons. The third-order valence-corrected chi connectivity index (χ3v) is 5.73. The second kappa shape index (κ2) is 10.7. The number of hydrogen-bond donors (Lipinski definition) is 1. The summed E-state index contributed by atoms with van der Waals surface area (Å²) in [6.07, 6.45) is 6.28. The number of hydrogen-bond acceptors (Lipinski definition) is 2. The Morgan fingerprint density at radius 2 is 1.55 bits per heavy atom. The van der Waals surface area contributed by atoms with E-state index in [1.165, 1.54) is 4.90 Å². The van der Waals surface area contributed by atoms with E-state index in [9.17, 15) is 4.79 Å². The zero-order valence-corrected chi connectivity index (χ0v) is 17.7. The van der Waals surface area contributed by atoms with Gasteiger partial charge in [-0.3, -0.25) is 4.79 Å². The van der Waals surface area contributed by atoms with Crippen LogP contribution in [0.4, 0.5) is 0 Å². The largest absolute Gasteiger partial charge is 0.351 e. The van der Waals surface area contributed by atoms with Gasteiger partial charge < -0.3 is 5.32 Å². The summed E-state index contributed by atoms with van der Waals surface area (Å²) < 4.78 is 0. The van der Waals surface area contributed by atoms with Crippen molar-refractivity contribution in [2.75, 3.05) is 6.26 Å². The van der Waals surface area contributed by atoms with Crippen LogP contribution in [0.25, 0.3) is 6.08 Å². The van der Waals surface area contributed by atoms with Gasteiger partial charge in [-0.05, 0) is 41.0 Å². The molecule has 0 heterocycles. The van der Waals surface area contributed by atoms with Crippen LogP contribution in [0.2, 0.25) is 0 Å². The Bertz CT molecular complexity index is 920. The van der Waals surface area contributed by atoms with E-state index in [1.54, 1.807) is 11.8 Å². The summed E-state index contributed by atoms with van der Waals surface area (Å²) in [5.41, 5.74) is 3.28. The average molecular weight is 402 g/mol.